The maximum absolute atomic E-state index is 12.2. The van der Waals surface area contributed by atoms with Crippen molar-refractivity contribution in [2.24, 2.45) is 7.05 Å². The lowest BCUT2D eigenvalue weighted by molar-refractivity contribution is -0.0497. The van der Waals surface area contributed by atoms with Crippen LogP contribution in [0.4, 0.5) is 14.5 Å². The number of nitrogens with one attached hydrogen (secondary N) is 1. The molecule has 5 nitrogen and oxygen atoms in total. The molecule has 0 atom stereocenters. The van der Waals surface area contributed by atoms with Crippen LogP contribution in [-0.4, -0.2) is 21.6 Å². The van der Waals surface area contributed by atoms with Gasteiger partial charge in [0.05, 0.1) is 28.5 Å². The molecule has 1 N–H and O–H groups in total. The smallest absolute Gasteiger partial charge is 0.387 e. The van der Waals surface area contributed by atoms with Gasteiger partial charge in [0, 0.05) is 12.7 Å². The Morgan fingerprint density at radius 1 is 1.35 bits per heavy atom. The summed E-state index contributed by atoms with van der Waals surface area (Å²) in [5.74, 6) is -0.240. The second kappa shape index (κ2) is 6.23. The molecule has 0 radical (unpaired) electrons. The minimum Gasteiger partial charge on any atom is -0.432 e. The van der Waals surface area contributed by atoms with Gasteiger partial charge in [0.1, 0.15) is 0 Å². The predicted octanol–water partition coefficient (Wildman–Crippen LogP) is 3.34. The van der Waals surface area contributed by atoms with Gasteiger partial charge in [0.15, 0.2) is 5.75 Å². The molecule has 0 aliphatic heterocycles. The van der Waals surface area contributed by atoms with Crippen molar-refractivity contribution in [3.8, 4) is 5.75 Å². The molecule has 0 saturated heterocycles. The number of ether oxygens (including phenoxy) is 1. The van der Waals surface area contributed by atoms with E-state index in [1.54, 1.807) is 17.9 Å². The van der Waals surface area contributed by atoms with E-state index in [1.807, 2.05) is 0 Å². The Balaban J connectivity index is 2.12. The number of anilines is 1. The third-order valence-electron chi connectivity index (χ3n) is 2.49. The fourth-order valence-electron chi connectivity index (χ4n) is 1.53. The van der Waals surface area contributed by atoms with Crippen LogP contribution in [-0.2, 0) is 13.6 Å². The first-order valence-electron chi connectivity index (χ1n) is 5.48. The number of alkyl halides is 2. The zero-order valence-electron chi connectivity index (χ0n) is 10.3. The summed E-state index contributed by atoms with van der Waals surface area (Å²) in [7, 11) is 1.75. The molecule has 2 aromatic rings. The second-order valence-electron chi connectivity index (χ2n) is 3.85. The SMILES string of the molecule is Cn1nncc1CNc1cc(Cl)c(OC(F)F)c(Cl)c1. The number of aryl methyl sites for hydroxylation is 1. The monoisotopic (exact) mass is 322 g/mol. The highest BCUT2D eigenvalue weighted by molar-refractivity contribution is 6.37. The van der Waals surface area contributed by atoms with Crippen molar-refractivity contribution in [1.82, 2.24) is 15.0 Å². The molecule has 0 unspecified atom stereocenters. The first kappa shape index (κ1) is 14.8. The first-order valence-corrected chi connectivity index (χ1v) is 6.24. The van der Waals surface area contributed by atoms with Gasteiger partial charge in [-0.05, 0) is 12.1 Å². The Bertz CT molecular complexity index is 583. The maximum atomic E-state index is 12.2. The van der Waals surface area contributed by atoms with Crippen molar-refractivity contribution in [2.75, 3.05) is 5.32 Å². The summed E-state index contributed by atoms with van der Waals surface area (Å²) in [5.41, 5.74) is 1.41. The molecule has 1 heterocycles. The minimum atomic E-state index is -2.98. The van der Waals surface area contributed by atoms with Crippen LogP contribution in [0.1, 0.15) is 5.69 Å². The molecule has 1 aromatic carbocycles. The molecular formula is C11H10Cl2F2N4O. The number of benzene rings is 1. The lowest BCUT2D eigenvalue weighted by atomic mass is 10.3. The summed E-state index contributed by atoms with van der Waals surface area (Å²) in [6, 6.07) is 2.91. The molecule has 1 aromatic heterocycles. The first-order chi connectivity index (χ1) is 9.47. The molecule has 0 bridgehead atoms. The van der Waals surface area contributed by atoms with Crippen molar-refractivity contribution in [2.45, 2.75) is 13.2 Å². The minimum absolute atomic E-state index is 0.00318. The zero-order chi connectivity index (χ0) is 14.7. The van der Waals surface area contributed by atoms with Gasteiger partial charge >= 0.3 is 6.61 Å². The zero-order valence-corrected chi connectivity index (χ0v) is 11.8. The largest absolute Gasteiger partial charge is 0.432 e. The highest BCUT2D eigenvalue weighted by Crippen LogP contribution is 2.37. The summed E-state index contributed by atoms with van der Waals surface area (Å²) < 4.78 is 30.2. The van der Waals surface area contributed by atoms with Crippen LogP contribution in [0.15, 0.2) is 18.3 Å². The molecule has 0 fully saturated rings. The molecule has 0 amide bonds. The fourth-order valence-corrected chi connectivity index (χ4v) is 2.10. The lowest BCUT2D eigenvalue weighted by Crippen LogP contribution is -2.06. The lowest BCUT2D eigenvalue weighted by Gasteiger charge is -2.12. The Hall–Kier alpha value is -1.60. The van der Waals surface area contributed by atoms with Gasteiger partial charge in [-0.25, -0.2) is 0 Å². The van der Waals surface area contributed by atoms with Gasteiger partial charge in [-0.1, -0.05) is 28.4 Å². The van der Waals surface area contributed by atoms with E-state index in [-0.39, 0.29) is 15.8 Å². The summed E-state index contributed by atoms with van der Waals surface area (Å²) in [6.07, 6.45) is 1.60. The average molecular weight is 323 g/mol. The van der Waals surface area contributed by atoms with E-state index < -0.39 is 6.61 Å². The normalized spacial score (nSPS) is 10.9. The van der Waals surface area contributed by atoms with E-state index in [0.717, 1.165) is 5.69 Å². The summed E-state index contributed by atoms with van der Waals surface area (Å²) >= 11 is 11.7. The molecule has 0 spiro atoms. The highest BCUT2D eigenvalue weighted by atomic mass is 35.5. The molecule has 2 rings (SSSR count). The number of nitrogens with zero attached hydrogens (tertiary/aromatic N) is 3. The van der Waals surface area contributed by atoms with Gasteiger partial charge in [-0.3, -0.25) is 4.68 Å². The Morgan fingerprint density at radius 2 is 2.00 bits per heavy atom. The molecule has 20 heavy (non-hydrogen) atoms. The van der Waals surface area contributed by atoms with E-state index in [2.05, 4.69) is 20.4 Å². The van der Waals surface area contributed by atoms with Crippen LogP contribution in [0.25, 0.3) is 0 Å². The quantitative estimate of drug-likeness (QED) is 0.917. The molecule has 0 aliphatic rings. The van der Waals surface area contributed by atoms with Crippen LogP contribution in [0.2, 0.25) is 10.0 Å². The number of halogens is 4. The van der Waals surface area contributed by atoms with Gasteiger partial charge in [-0.2, -0.15) is 8.78 Å². The van der Waals surface area contributed by atoms with E-state index >= 15 is 0 Å². The van der Waals surface area contributed by atoms with Crippen molar-refractivity contribution >= 4 is 28.9 Å². The Labute approximate surface area is 123 Å². The van der Waals surface area contributed by atoms with E-state index in [4.69, 9.17) is 23.2 Å². The number of aromatic nitrogens is 3. The standard InChI is InChI=1S/C11H10Cl2F2N4O/c1-19-7(5-17-18-19)4-16-6-2-8(12)10(9(13)3-6)20-11(14)15/h2-3,5,11,16H,4H2,1H3. The van der Waals surface area contributed by atoms with Crippen molar-refractivity contribution in [3.05, 3.63) is 34.1 Å². The Morgan fingerprint density at radius 3 is 2.50 bits per heavy atom. The van der Waals surface area contributed by atoms with Gasteiger partial charge in [0.25, 0.3) is 0 Å². The molecular weight excluding hydrogens is 313 g/mol. The summed E-state index contributed by atoms with van der Waals surface area (Å²) in [5, 5.41) is 10.6. The highest BCUT2D eigenvalue weighted by Gasteiger charge is 2.14. The van der Waals surface area contributed by atoms with Crippen molar-refractivity contribution in [3.63, 3.8) is 0 Å². The third-order valence-corrected chi connectivity index (χ3v) is 3.05. The number of rotatable bonds is 5. The number of hydrogen-bond donors (Lipinski definition) is 1. The molecule has 9 heteroatoms. The van der Waals surface area contributed by atoms with Gasteiger partial charge in [0.2, 0.25) is 0 Å². The molecule has 0 saturated carbocycles. The van der Waals surface area contributed by atoms with Crippen LogP contribution in [0, 0.1) is 0 Å². The maximum Gasteiger partial charge on any atom is 0.387 e. The van der Waals surface area contributed by atoms with Gasteiger partial charge in [-0.15, -0.1) is 5.10 Å². The topological polar surface area (TPSA) is 52.0 Å². The Kier molecular flexibility index (Phi) is 4.61. The van der Waals surface area contributed by atoms with Crippen LogP contribution >= 0.6 is 23.2 Å². The third kappa shape index (κ3) is 3.49. The average Bonchev–Trinajstić information content (AvgIpc) is 2.77. The van der Waals surface area contributed by atoms with E-state index in [0.29, 0.717) is 12.2 Å². The van der Waals surface area contributed by atoms with Crippen LogP contribution < -0.4 is 10.1 Å². The van der Waals surface area contributed by atoms with Crippen LogP contribution in [0.3, 0.4) is 0 Å². The summed E-state index contributed by atoms with van der Waals surface area (Å²) in [4.78, 5) is 0. The van der Waals surface area contributed by atoms with Crippen molar-refractivity contribution in [1.29, 1.82) is 0 Å². The van der Waals surface area contributed by atoms with Crippen LogP contribution in [0.5, 0.6) is 5.75 Å². The second-order valence-corrected chi connectivity index (χ2v) is 4.66. The predicted molar refractivity (Wildman–Crippen MR) is 71.4 cm³/mol. The molecule has 108 valence electrons. The fraction of sp³-hybridized carbons (Fsp3) is 0.273. The van der Waals surface area contributed by atoms with Gasteiger partial charge < -0.3 is 10.1 Å². The van der Waals surface area contributed by atoms with E-state index in [1.165, 1.54) is 12.1 Å². The van der Waals surface area contributed by atoms with Crippen molar-refractivity contribution < 1.29 is 13.5 Å². The van der Waals surface area contributed by atoms with E-state index in [9.17, 15) is 8.78 Å². The number of hydrogen-bond acceptors (Lipinski definition) is 4. The summed E-state index contributed by atoms with van der Waals surface area (Å²) in [6.45, 7) is -2.55. The molecule has 0 aliphatic carbocycles.